The zero-order valence-electron chi connectivity index (χ0n) is 16.5. The molecule has 3 aromatic heterocycles. The van der Waals surface area contributed by atoms with Gasteiger partial charge in [-0.25, -0.2) is 0 Å². The number of likely N-dealkylation sites (tertiary alicyclic amines) is 1. The van der Waals surface area contributed by atoms with Crippen LogP contribution in [-0.4, -0.2) is 44.2 Å². The van der Waals surface area contributed by atoms with E-state index >= 15 is 0 Å². The van der Waals surface area contributed by atoms with Gasteiger partial charge in [0.2, 0.25) is 5.91 Å². The summed E-state index contributed by atoms with van der Waals surface area (Å²) in [6, 6.07) is 15.7. The molecule has 1 N–H and O–H groups in total. The second-order valence-corrected chi connectivity index (χ2v) is 7.61. The first kappa shape index (κ1) is 18.4. The summed E-state index contributed by atoms with van der Waals surface area (Å²) in [7, 11) is 0. The van der Waals surface area contributed by atoms with E-state index in [0.29, 0.717) is 48.4 Å². The number of carbonyl (C=O) groups excluding carboxylic acids is 1. The first-order valence-electron chi connectivity index (χ1n) is 9.93. The van der Waals surface area contributed by atoms with E-state index < -0.39 is 0 Å². The average molecular weight is 403 g/mol. The fraction of sp³-hybridized carbons (Fsp3) is 0.273. The molecule has 4 aromatic rings. The number of aromatic nitrogens is 4. The topological polar surface area (TPSA) is 101 Å². The molecular formula is C22H21N5O3. The van der Waals surface area contributed by atoms with Crippen molar-refractivity contribution in [1.29, 1.82) is 0 Å². The van der Waals surface area contributed by atoms with Crippen LogP contribution >= 0.6 is 0 Å². The summed E-state index contributed by atoms with van der Waals surface area (Å²) in [5, 5.41) is 11.2. The fourth-order valence-electron chi connectivity index (χ4n) is 3.83. The lowest BCUT2D eigenvalue weighted by Gasteiger charge is -2.21. The number of furan rings is 1. The van der Waals surface area contributed by atoms with Crippen molar-refractivity contribution in [3.05, 3.63) is 66.2 Å². The Bertz CT molecular complexity index is 1130. The average Bonchev–Trinajstić information content (AvgIpc) is 3.55. The van der Waals surface area contributed by atoms with Crippen LogP contribution in [0.15, 0.2) is 63.7 Å². The van der Waals surface area contributed by atoms with Gasteiger partial charge in [0.25, 0.3) is 5.89 Å². The molecule has 1 aliphatic heterocycles. The highest BCUT2D eigenvalue weighted by Gasteiger charge is 2.34. The molecule has 8 nitrogen and oxygen atoms in total. The molecule has 4 heterocycles. The quantitative estimate of drug-likeness (QED) is 0.525. The van der Waals surface area contributed by atoms with E-state index in [1.54, 1.807) is 18.4 Å². The minimum absolute atomic E-state index is 0.0783. The predicted molar refractivity (Wildman–Crippen MR) is 108 cm³/mol. The molecule has 1 aliphatic rings. The third-order valence-corrected chi connectivity index (χ3v) is 5.47. The molecule has 1 amide bonds. The number of amides is 1. The summed E-state index contributed by atoms with van der Waals surface area (Å²) in [5.41, 5.74) is 2.49. The molecule has 0 radical (unpaired) electrons. The largest absolute Gasteiger partial charge is 0.463 e. The van der Waals surface area contributed by atoms with E-state index in [9.17, 15) is 4.79 Å². The third kappa shape index (κ3) is 3.52. The van der Waals surface area contributed by atoms with Crippen LogP contribution in [0.5, 0.6) is 0 Å². The van der Waals surface area contributed by atoms with Crippen LogP contribution < -0.4 is 0 Å². The fourth-order valence-corrected chi connectivity index (χ4v) is 3.83. The Balaban J connectivity index is 1.27. The molecule has 30 heavy (non-hydrogen) atoms. The van der Waals surface area contributed by atoms with Crippen molar-refractivity contribution >= 4 is 5.91 Å². The summed E-state index contributed by atoms with van der Waals surface area (Å²) in [6.07, 6.45) is 1.98. The summed E-state index contributed by atoms with van der Waals surface area (Å²) in [5.74, 6) is 1.85. The maximum Gasteiger partial charge on any atom is 0.275 e. The van der Waals surface area contributed by atoms with Gasteiger partial charge in [-0.05, 0) is 23.6 Å². The van der Waals surface area contributed by atoms with E-state index in [1.807, 2.05) is 29.2 Å². The molecule has 0 aliphatic carbocycles. The van der Waals surface area contributed by atoms with E-state index in [2.05, 4.69) is 39.4 Å². The van der Waals surface area contributed by atoms with Crippen molar-refractivity contribution < 1.29 is 13.7 Å². The van der Waals surface area contributed by atoms with Crippen LogP contribution in [-0.2, 0) is 4.79 Å². The highest BCUT2D eigenvalue weighted by atomic mass is 16.5. The Morgan fingerprint density at radius 2 is 2.10 bits per heavy atom. The molecule has 2 unspecified atom stereocenters. The standard InChI is InChI=1S/C22H21N5O3/c1-14(15-6-3-2-4-7-15)12-27-13-16(10-20(27)28)21-23-22(30-26-21)18-11-17(24-25-18)19-8-5-9-29-19/h2-9,11,14,16H,10,12-13H2,1H3,(H,24,25). The summed E-state index contributed by atoms with van der Waals surface area (Å²) in [4.78, 5) is 18.9. The second-order valence-electron chi connectivity index (χ2n) is 7.61. The van der Waals surface area contributed by atoms with E-state index in [0.717, 1.165) is 0 Å². The predicted octanol–water partition coefficient (Wildman–Crippen LogP) is 3.84. The van der Waals surface area contributed by atoms with Gasteiger partial charge in [-0.2, -0.15) is 10.1 Å². The van der Waals surface area contributed by atoms with Gasteiger partial charge in [-0.1, -0.05) is 42.4 Å². The highest BCUT2D eigenvalue weighted by molar-refractivity contribution is 5.79. The number of hydrogen-bond donors (Lipinski definition) is 1. The van der Waals surface area contributed by atoms with Crippen molar-refractivity contribution in [1.82, 2.24) is 25.2 Å². The van der Waals surface area contributed by atoms with Crippen LogP contribution in [0.4, 0.5) is 0 Å². The molecule has 2 atom stereocenters. The molecule has 0 saturated carbocycles. The maximum atomic E-state index is 12.5. The monoisotopic (exact) mass is 403 g/mol. The van der Waals surface area contributed by atoms with E-state index in [4.69, 9.17) is 8.94 Å². The summed E-state index contributed by atoms with van der Waals surface area (Å²) >= 11 is 0. The minimum atomic E-state index is -0.0783. The Morgan fingerprint density at radius 3 is 2.90 bits per heavy atom. The van der Waals surface area contributed by atoms with Crippen molar-refractivity contribution in [2.75, 3.05) is 13.1 Å². The molecule has 5 rings (SSSR count). The minimum Gasteiger partial charge on any atom is -0.463 e. The van der Waals surface area contributed by atoms with E-state index in [1.165, 1.54) is 5.56 Å². The van der Waals surface area contributed by atoms with Gasteiger partial charge < -0.3 is 13.8 Å². The van der Waals surface area contributed by atoms with Gasteiger partial charge in [0.15, 0.2) is 11.6 Å². The molecule has 1 aromatic carbocycles. The number of benzene rings is 1. The Hall–Kier alpha value is -3.68. The van der Waals surface area contributed by atoms with Crippen molar-refractivity contribution in [2.24, 2.45) is 0 Å². The first-order valence-corrected chi connectivity index (χ1v) is 9.93. The Labute approximate surface area is 172 Å². The Morgan fingerprint density at radius 1 is 1.23 bits per heavy atom. The molecule has 0 spiro atoms. The lowest BCUT2D eigenvalue weighted by Crippen LogP contribution is -2.29. The third-order valence-electron chi connectivity index (χ3n) is 5.47. The molecule has 1 fully saturated rings. The molecule has 152 valence electrons. The van der Waals surface area contributed by atoms with Crippen LogP contribution in [0.25, 0.3) is 23.0 Å². The number of aromatic amines is 1. The van der Waals surface area contributed by atoms with Crippen LogP contribution in [0.2, 0.25) is 0 Å². The first-order chi connectivity index (χ1) is 14.7. The molecule has 8 heteroatoms. The zero-order valence-corrected chi connectivity index (χ0v) is 16.5. The molecule has 1 saturated heterocycles. The maximum absolute atomic E-state index is 12.5. The smallest absolute Gasteiger partial charge is 0.275 e. The lowest BCUT2D eigenvalue weighted by atomic mass is 10.0. The van der Waals surface area contributed by atoms with Crippen molar-refractivity contribution in [2.45, 2.75) is 25.2 Å². The molecule has 0 bridgehead atoms. The van der Waals surface area contributed by atoms with Gasteiger partial charge in [0.05, 0.1) is 6.26 Å². The number of nitrogens with zero attached hydrogens (tertiary/aromatic N) is 4. The van der Waals surface area contributed by atoms with Crippen molar-refractivity contribution in [3.63, 3.8) is 0 Å². The van der Waals surface area contributed by atoms with Crippen LogP contribution in [0, 0.1) is 0 Å². The summed E-state index contributed by atoms with van der Waals surface area (Å²) in [6.45, 7) is 3.41. The van der Waals surface area contributed by atoms with Gasteiger partial charge in [-0.3, -0.25) is 9.89 Å². The SMILES string of the molecule is CC(CN1CC(c2noc(-c3cc(-c4ccco4)n[nH]3)n2)CC1=O)c1ccccc1. The second kappa shape index (κ2) is 7.62. The van der Waals surface area contributed by atoms with Gasteiger partial charge in [-0.15, -0.1) is 0 Å². The van der Waals surface area contributed by atoms with Gasteiger partial charge in [0.1, 0.15) is 11.4 Å². The highest BCUT2D eigenvalue weighted by Crippen LogP contribution is 2.30. The number of hydrogen-bond acceptors (Lipinski definition) is 6. The number of nitrogens with one attached hydrogen (secondary N) is 1. The molecular weight excluding hydrogens is 382 g/mol. The number of carbonyl (C=O) groups is 1. The number of H-pyrrole nitrogens is 1. The lowest BCUT2D eigenvalue weighted by molar-refractivity contribution is -0.127. The van der Waals surface area contributed by atoms with Crippen LogP contribution in [0.3, 0.4) is 0 Å². The van der Waals surface area contributed by atoms with Gasteiger partial charge in [0, 0.05) is 31.5 Å². The van der Waals surface area contributed by atoms with Crippen molar-refractivity contribution in [3.8, 4) is 23.0 Å². The summed E-state index contributed by atoms with van der Waals surface area (Å²) < 4.78 is 10.8. The normalized spacial score (nSPS) is 17.6. The van der Waals surface area contributed by atoms with Gasteiger partial charge >= 0.3 is 0 Å². The van der Waals surface area contributed by atoms with Crippen LogP contribution in [0.1, 0.15) is 36.6 Å². The van der Waals surface area contributed by atoms with E-state index in [-0.39, 0.29) is 17.7 Å². The zero-order chi connectivity index (χ0) is 20.5. The number of rotatable bonds is 6. The Kier molecular flexibility index (Phi) is 4.66.